The fraction of sp³-hybridized carbons (Fsp3) is 0.148. The van der Waals surface area contributed by atoms with Gasteiger partial charge in [-0.1, -0.05) is 61.5 Å². The molecule has 0 aliphatic carbocycles. The number of nitrogens with one attached hydrogen (secondary N) is 3. The van der Waals surface area contributed by atoms with Gasteiger partial charge in [0.15, 0.2) is 0 Å². The van der Waals surface area contributed by atoms with E-state index in [4.69, 9.17) is 0 Å². The Morgan fingerprint density at radius 2 is 1.88 bits per heavy atom. The molecule has 33 heavy (non-hydrogen) atoms. The molecule has 1 unspecified atom stereocenters. The summed E-state index contributed by atoms with van der Waals surface area (Å²) in [5.41, 5.74) is 3.22. The second-order valence-electron chi connectivity index (χ2n) is 8.14. The third-order valence-corrected chi connectivity index (χ3v) is 6.14. The highest BCUT2D eigenvalue weighted by molar-refractivity contribution is 6.23. The van der Waals surface area contributed by atoms with E-state index in [-0.39, 0.29) is 18.4 Å². The van der Waals surface area contributed by atoms with Gasteiger partial charge in [0.25, 0.3) is 5.91 Å². The Morgan fingerprint density at radius 1 is 1.06 bits per heavy atom. The number of carbonyl (C=O) groups is 2. The van der Waals surface area contributed by atoms with Crippen LogP contribution in [0, 0.1) is 0 Å². The van der Waals surface area contributed by atoms with E-state index in [0.717, 1.165) is 33.3 Å². The highest BCUT2D eigenvalue weighted by Gasteiger charge is 2.33. The van der Waals surface area contributed by atoms with Crippen molar-refractivity contribution >= 4 is 39.7 Å². The van der Waals surface area contributed by atoms with Crippen LogP contribution in [0.3, 0.4) is 0 Å². The van der Waals surface area contributed by atoms with Gasteiger partial charge in [0, 0.05) is 22.2 Å². The predicted octanol–water partition coefficient (Wildman–Crippen LogP) is 4.39. The van der Waals surface area contributed by atoms with Gasteiger partial charge in [-0.2, -0.15) is 0 Å². The highest BCUT2D eigenvalue weighted by Crippen LogP contribution is 2.31. The second-order valence-corrected chi connectivity index (χ2v) is 8.14. The smallest absolute Gasteiger partial charge is 0.254 e. The quantitative estimate of drug-likeness (QED) is 0.567. The molecule has 0 radical (unpaired) electrons. The third kappa shape index (κ3) is 3.80. The van der Waals surface area contributed by atoms with Gasteiger partial charge in [-0.25, -0.2) is 0 Å². The number of allylic oxidation sites excluding steroid dienone is 2. The van der Waals surface area contributed by atoms with E-state index in [9.17, 15) is 9.59 Å². The molecule has 3 N–H and O–H groups in total. The Bertz CT molecular complexity index is 1340. The molecular formula is C27H24N4O2. The van der Waals surface area contributed by atoms with E-state index in [1.165, 1.54) is 0 Å². The number of rotatable bonds is 4. The van der Waals surface area contributed by atoms with Crippen molar-refractivity contribution in [2.75, 3.05) is 17.2 Å². The van der Waals surface area contributed by atoms with E-state index >= 15 is 0 Å². The molecule has 6 nitrogen and oxygen atoms in total. The zero-order chi connectivity index (χ0) is 22.8. The monoisotopic (exact) mass is 436 g/mol. The van der Waals surface area contributed by atoms with E-state index in [1.54, 1.807) is 6.20 Å². The zero-order valence-corrected chi connectivity index (χ0v) is 18.3. The fourth-order valence-corrected chi connectivity index (χ4v) is 4.26. The molecule has 164 valence electrons. The summed E-state index contributed by atoms with van der Waals surface area (Å²) >= 11 is 0. The highest BCUT2D eigenvalue weighted by atomic mass is 16.2. The molecule has 0 saturated carbocycles. The summed E-state index contributed by atoms with van der Waals surface area (Å²) in [6.07, 6.45) is 8.03. The molecule has 0 bridgehead atoms. The van der Waals surface area contributed by atoms with Crippen LogP contribution in [0.5, 0.6) is 0 Å². The molecule has 2 amide bonds. The second kappa shape index (κ2) is 8.39. The maximum Gasteiger partial charge on any atom is 0.254 e. The zero-order valence-electron chi connectivity index (χ0n) is 18.3. The van der Waals surface area contributed by atoms with Crippen molar-refractivity contribution in [3.8, 4) is 0 Å². The van der Waals surface area contributed by atoms with Crippen LogP contribution in [0.4, 0.5) is 11.4 Å². The Labute approximate surface area is 192 Å². The van der Waals surface area contributed by atoms with Crippen molar-refractivity contribution in [2.24, 2.45) is 4.99 Å². The number of hydrogen-bond acceptors (Lipinski definition) is 4. The van der Waals surface area contributed by atoms with E-state index in [1.807, 2.05) is 85.8 Å². The normalized spacial score (nSPS) is 19.2. The number of amides is 2. The first kappa shape index (κ1) is 20.7. The number of nitrogens with zero attached hydrogens (tertiary/aromatic N) is 1. The summed E-state index contributed by atoms with van der Waals surface area (Å²) in [6, 6.07) is 19.6. The molecule has 3 aromatic rings. The van der Waals surface area contributed by atoms with Crippen LogP contribution in [0.15, 0.2) is 90.1 Å². The number of hydrogen-bond donors (Lipinski definition) is 3. The van der Waals surface area contributed by atoms with E-state index in [2.05, 4.69) is 20.9 Å². The molecular weight excluding hydrogens is 412 g/mol. The van der Waals surface area contributed by atoms with E-state index < -0.39 is 5.54 Å². The lowest BCUT2D eigenvalue weighted by atomic mass is 9.92. The molecule has 5 rings (SSSR count). The first-order chi connectivity index (χ1) is 16.1. The molecule has 2 aliphatic rings. The Kier molecular flexibility index (Phi) is 5.26. The lowest BCUT2D eigenvalue weighted by Gasteiger charge is -2.30. The molecule has 0 saturated heterocycles. The van der Waals surface area contributed by atoms with Crippen molar-refractivity contribution in [2.45, 2.75) is 18.9 Å². The number of dihydropyridines is 1. The van der Waals surface area contributed by atoms with Crippen LogP contribution in [0.1, 0.15) is 24.5 Å². The summed E-state index contributed by atoms with van der Waals surface area (Å²) < 4.78 is 0. The van der Waals surface area contributed by atoms with Crippen LogP contribution in [-0.2, 0) is 9.59 Å². The van der Waals surface area contributed by atoms with Crippen molar-refractivity contribution in [3.63, 3.8) is 0 Å². The molecule has 2 heterocycles. The minimum absolute atomic E-state index is 0.0569. The largest absolute Gasteiger partial charge is 0.374 e. The SMILES string of the molecule is CCC1(C(=O)Nc2ccc(C3=NCC(=O)Nc4c3ccc3ccccc43)cc2)C=CC=CN1. The fourth-order valence-electron chi connectivity index (χ4n) is 4.26. The van der Waals surface area contributed by atoms with Gasteiger partial charge >= 0.3 is 0 Å². The molecule has 2 aliphatic heterocycles. The first-order valence-electron chi connectivity index (χ1n) is 11.0. The summed E-state index contributed by atoms with van der Waals surface area (Å²) in [5, 5.41) is 11.2. The average Bonchev–Trinajstić information content (AvgIpc) is 3.03. The maximum absolute atomic E-state index is 12.9. The van der Waals surface area contributed by atoms with Gasteiger partial charge in [-0.3, -0.25) is 14.6 Å². The first-order valence-corrected chi connectivity index (χ1v) is 11.0. The molecule has 6 heteroatoms. The Balaban J connectivity index is 1.45. The maximum atomic E-state index is 12.9. The Hall–Kier alpha value is -4.19. The van der Waals surface area contributed by atoms with Crippen molar-refractivity contribution in [1.82, 2.24) is 5.32 Å². The van der Waals surface area contributed by atoms with Crippen LogP contribution in [-0.4, -0.2) is 29.6 Å². The van der Waals surface area contributed by atoms with Gasteiger partial charge < -0.3 is 16.0 Å². The van der Waals surface area contributed by atoms with Crippen molar-refractivity contribution in [3.05, 3.63) is 96.2 Å². The van der Waals surface area contributed by atoms with Crippen LogP contribution in [0.2, 0.25) is 0 Å². The number of anilines is 2. The summed E-state index contributed by atoms with van der Waals surface area (Å²) in [5.74, 6) is -0.254. The Morgan fingerprint density at radius 3 is 2.64 bits per heavy atom. The number of benzene rings is 3. The van der Waals surface area contributed by atoms with Gasteiger partial charge in [-0.15, -0.1) is 0 Å². The average molecular weight is 437 g/mol. The molecule has 3 aromatic carbocycles. The predicted molar refractivity (Wildman–Crippen MR) is 133 cm³/mol. The lowest BCUT2D eigenvalue weighted by Crippen LogP contribution is -2.51. The minimum Gasteiger partial charge on any atom is -0.374 e. The molecule has 0 aromatic heterocycles. The number of aliphatic imine (C=N–C) groups is 1. The standard InChI is InChI=1S/C27H24N4O2/c1-2-27(15-5-6-16-29-27)26(33)30-20-12-9-19(10-13-20)24-22-14-11-18-7-3-4-8-21(18)25(22)31-23(32)17-28-24/h3-16,29H,2,17H2,1H3,(H,30,33)(H,31,32). The minimum atomic E-state index is -0.759. The lowest BCUT2D eigenvalue weighted by molar-refractivity contribution is -0.120. The molecule has 1 atom stereocenters. The van der Waals surface area contributed by atoms with Gasteiger partial charge in [-0.05, 0) is 42.3 Å². The van der Waals surface area contributed by atoms with Gasteiger partial charge in [0.2, 0.25) is 5.91 Å². The van der Waals surface area contributed by atoms with Gasteiger partial charge in [0.05, 0.1) is 11.4 Å². The molecule has 0 fully saturated rings. The number of fused-ring (bicyclic) bond motifs is 3. The van der Waals surface area contributed by atoms with Crippen molar-refractivity contribution in [1.29, 1.82) is 0 Å². The van der Waals surface area contributed by atoms with Crippen LogP contribution >= 0.6 is 0 Å². The van der Waals surface area contributed by atoms with Crippen LogP contribution < -0.4 is 16.0 Å². The van der Waals surface area contributed by atoms with Crippen molar-refractivity contribution < 1.29 is 9.59 Å². The van der Waals surface area contributed by atoms with E-state index in [0.29, 0.717) is 12.1 Å². The summed E-state index contributed by atoms with van der Waals surface area (Å²) in [6.45, 7) is 2.03. The van der Waals surface area contributed by atoms with Gasteiger partial charge in [0.1, 0.15) is 12.1 Å². The number of carbonyl (C=O) groups excluding carboxylic acids is 2. The third-order valence-electron chi connectivity index (χ3n) is 6.14. The topological polar surface area (TPSA) is 82.6 Å². The molecule has 0 spiro atoms. The summed E-state index contributed by atoms with van der Waals surface area (Å²) in [4.78, 5) is 29.9. The van der Waals surface area contributed by atoms with Crippen LogP contribution in [0.25, 0.3) is 10.8 Å². The summed E-state index contributed by atoms with van der Waals surface area (Å²) in [7, 11) is 0.